The molecule has 0 fully saturated rings. The molecule has 0 amide bonds. The molecule has 0 saturated carbocycles. The minimum atomic E-state index is -1.95. The quantitative estimate of drug-likeness (QED) is 0.148. The number of hydrogen-bond donors (Lipinski definition) is 0. The lowest BCUT2D eigenvalue weighted by Crippen LogP contribution is -2.08. The normalized spacial score (nSPS) is 11.4. The number of carbonyl (C=O) groups is 2. The van der Waals surface area contributed by atoms with Crippen molar-refractivity contribution in [2.45, 2.75) is 13.2 Å². The van der Waals surface area contributed by atoms with Gasteiger partial charge in [-0.3, -0.25) is 0 Å². The van der Waals surface area contributed by atoms with E-state index in [0.717, 1.165) is 12.2 Å². The molecule has 0 spiro atoms. The standard InChI is InChI=1S/C20H10F8O4/c21-11-5-13(23)19(27)17(25)9(11)7-31-15(29)3-1-2-4-16(30)32-8-10-12(22)6-14(24)20(28)18(10)26/h1-6H,7-8H2/b3-1+,4-2+. The van der Waals surface area contributed by atoms with E-state index in [2.05, 4.69) is 9.47 Å². The maximum Gasteiger partial charge on any atom is 0.331 e. The SMILES string of the molecule is O=C(/C=C/C=C/C(=O)OCc1c(F)cc(F)c(F)c1F)OCc1c(F)cc(F)c(F)c1F. The Bertz CT molecular complexity index is 1020. The fraction of sp³-hybridized carbons (Fsp3) is 0.100. The molecule has 32 heavy (non-hydrogen) atoms. The summed E-state index contributed by atoms with van der Waals surface area (Å²) >= 11 is 0. The molecule has 12 heteroatoms. The van der Waals surface area contributed by atoms with Crippen LogP contribution < -0.4 is 0 Å². The molecule has 2 rings (SSSR count). The van der Waals surface area contributed by atoms with Crippen LogP contribution in [-0.2, 0) is 32.3 Å². The summed E-state index contributed by atoms with van der Waals surface area (Å²) in [4.78, 5) is 22.9. The number of allylic oxidation sites excluding steroid dienone is 2. The van der Waals surface area contributed by atoms with Gasteiger partial charge in [-0.1, -0.05) is 12.2 Å². The van der Waals surface area contributed by atoms with Crippen LogP contribution in [0.4, 0.5) is 35.1 Å². The predicted molar refractivity (Wildman–Crippen MR) is 90.4 cm³/mol. The first-order valence-electron chi connectivity index (χ1n) is 8.34. The molecule has 0 saturated heterocycles. The van der Waals surface area contributed by atoms with E-state index in [4.69, 9.17) is 0 Å². The van der Waals surface area contributed by atoms with Gasteiger partial charge in [0, 0.05) is 24.3 Å². The van der Waals surface area contributed by atoms with Crippen LogP contribution in [0.3, 0.4) is 0 Å². The van der Waals surface area contributed by atoms with Crippen molar-refractivity contribution in [1.29, 1.82) is 0 Å². The zero-order valence-corrected chi connectivity index (χ0v) is 15.5. The van der Waals surface area contributed by atoms with Crippen molar-refractivity contribution in [2.24, 2.45) is 0 Å². The second-order valence-electron chi connectivity index (χ2n) is 5.83. The van der Waals surface area contributed by atoms with Crippen molar-refractivity contribution >= 4 is 11.9 Å². The zero-order valence-electron chi connectivity index (χ0n) is 15.5. The molecule has 0 aliphatic carbocycles. The lowest BCUT2D eigenvalue weighted by Gasteiger charge is -2.06. The number of hydrogen-bond acceptors (Lipinski definition) is 4. The molecule has 0 unspecified atom stereocenters. The molecule has 2 aromatic carbocycles. The summed E-state index contributed by atoms with van der Waals surface area (Å²) in [7, 11) is 0. The largest absolute Gasteiger partial charge is 0.457 e. The van der Waals surface area contributed by atoms with Gasteiger partial charge in [-0.15, -0.1) is 0 Å². The van der Waals surface area contributed by atoms with E-state index in [1.807, 2.05) is 0 Å². The third-order valence-electron chi connectivity index (χ3n) is 3.71. The van der Waals surface area contributed by atoms with Gasteiger partial charge in [-0.25, -0.2) is 44.7 Å². The number of ether oxygens (including phenoxy) is 2. The number of halogens is 8. The minimum Gasteiger partial charge on any atom is -0.457 e. The summed E-state index contributed by atoms with van der Waals surface area (Å²) in [6, 6.07) is 0.146. The number of esters is 2. The van der Waals surface area contributed by atoms with Gasteiger partial charge in [0.1, 0.15) is 24.8 Å². The summed E-state index contributed by atoms with van der Waals surface area (Å²) in [6.07, 6.45) is 3.16. The Morgan fingerprint density at radius 2 is 0.938 bits per heavy atom. The summed E-state index contributed by atoms with van der Waals surface area (Å²) < 4.78 is 114. The third-order valence-corrected chi connectivity index (χ3v) is 3.71. The van der Waals surface area contributed by atoms with E-state index in [1.54, 1.807) is 0 Å². The highest BCUT2D eigenvalue weighted by Gasteiger charge is 2.20. The van der Waals surface area contributed by atoms with Crippen molar-refractivity contribution in [2.75, 3.05) is 0 Å². The second kappa shape index (κ2) is 10.6. The Labute approximate surface area is 174 Å². The van der Waals surface area contributed by atoms with Gasteiger partial charge in [0.15, 0.2) is 34.9 Å². The molecular formula is C20H10F8O4. The van der Waals surface area contributed by atoms with Crippen molar-refractivity contribution in [3.05, 3.63) is 94.1 Å². The van der Waals surface area contributed by atoms with E-state index in [0.29, 0.717) is 12.2 Å². The molecule has 0 bridgehead atoms. The number of rotatable bonds is 7. The van der Waals surface area contributed by atoms with E-state index in [-0.39, 0.29) is 12.1 Å². The molecule has 0 radical (unpaired) electrons. The van der Waals surface area contributed by atoms with Crippen LogP contribution in [0.15, 0.2) is 36.4 Å². The molecule has 0 aliphatic heterocycles. The monoisotopic (exact) mass is 466 g/mol. The van der Waals surface area contributed by atoms with Crippen LogP contribution in [0.25, 0.3) is 0 Å². The van der Waals surface area contributed by atoms with Crippen molar-refractivity contribution in [1.82, 2.24) is 0 Å². The topological polar surface area (TPSA) is 52.6 Å². The van der Waals surface area contributed by atoms with Gasteiger partial charge in [-0.05, 0) is 0 Å². The minimum absolute atomic E-state index is 0.0732. The first kappa shape index (κ1) is 24.6. The van der Waals surface area contributed by atoms with Crippen LogP contribution in [-0.4, -0.2) is 11.9 Å². The molecular weight excluding hydrogens is 456 g/mol. The average Bonchev–Trinajstić information content (AvgIpc) is 2.73. The Kier molecular flexibility index (Phi) is 8.10. The molecule has 0 heterocycles. The van der Waals surface area contributed by atoms with Crippen molar-refractivity contribution < 1.29 is 54.2 Å². The Hall–Kier alpha value is -3.70. The second-order valence-corrected chi connectivity index (χ2v) is 5.83. The fourth-order valence-electron chi connectivity index (χ4n) is 2.12. The van der Waals surface area contributed by atoms with Gasteiger partial charge in [0.2, 0.25) is 0 Å². The van der Waals surface area contributed by atoms with Gasteiger partial charge in [0.05, 0.1) is 11.1 Å². The Morgan fingerprint density at radius 1 is 0.594 bits per heavy atom. The summed E-state index contributed by atoms with van der Waals surface area (Å²) in [5.74, 6) is -16.5. The lowest BCUT2D eigenvalue weighted by atomic mass is 10.2. The van der Waals surface area contributed by atoms with Gasteiger partial charge in [-0.2, -0.15) is 0 Å². The molecule has 0 aliphatic rings. The predicted octanol–water partition coefficient (Wildman–Crippen LogP) is 4.70. The van der Waals surface area contributed by atoms with E-state index < -0.39 is 82.8 Å². The smallest absolute Gasteiger partial charge is 0.331 e. The van der Waals surface area contributed by atoms with Gasteiger partial charge >= 0.3 is 11.9 Å². The summed E-state index contributed by atoms with van der Waals surface area (Å²) in [5.41, 5.74) is -2.05. The first-order chi connectivity index (χ1) is 15.0. The van der Waals surface area contributed by atoms with Crippen LogP contribution in [0.1, 0.15) is 11.1 Å². The first-order valence-corrected chi connectivity index (χ1v) is 8.34. The zero-order chi connectivity index (χ0) is 24.0. The Balaban J connectivity index is 1.87. The number of benzene rings is 2. The van der Waals surface area contributed by atoms with Crippen LogP contribution in [0, 0.1) is 46.5 Å². The van der Waals surface area contributed by atoms with Crippen LogP contribution in [0.2, 0.25) is 0 Å². The molecule has 0 atom stereocenters. The molecule has 2 aromatic rings. The van der Waals surface area contributed by atoms with Crippen molar-refractivity contribution in [3.63, 3.8) is 0 Å². The molecule has 4 nitrogen and oxygen atoms in total. The highest BCUT2D eigenvalue weighted by Crippen LogP contribution is 2.21. The lowest BCUT2D eigenvalue weighted by molar-refractivity contribution is -0.140. The molecule has 170 valence electrons. The molecule has 0 N–H and O–H groups in total. The highest BCUT2D eigenvalue weighted by atomic mass is 19.2. The van der Waals surface area contributed by atoms with Crippen LogP contribution in [0.5, 0.6) is 0 Å². The Morgan fingerprint density at radius 3 is 1.28 bits per heavy atom. The fourth-order valence-corrected chi connectivity index (χ4v) is 2.12. The van der Waals surface area contributed by atoms with E-state index >= 15 is 0 Å². The highest BCUT2D eigenvalue weighted by molar-refractivity contribution is 5.84. The number of carbonyl (C=O) groups excluding carboxylic acids is 2. The summed E-state index contributed by atoms with van der Waals surface area (Å²) in [6.45, 7) is -2.12. The maximum atomic E-state index is 13.4. The van der Waals surface area contributed by atoms with Crippen molar-refractivity contribution in [3.8, 4) is 0 Å². The van der Waals surface area contributed by atoms with Crippen LogP contribution >= 0.6 is 0 Å². The van der Waals surface area contributed by atoms with Gasteiger partial charge < -0.3 is 9.47 Å². The summed E-state index contributed by atoms with van der Waals surface area (Å²) in [5, 5.41) is 0. The van der Waals surface area contributed by atoms with E-state index in [1.165, 1.54) is 0 Å². The third kappa shape index (κ3) is 5.93. The van der Waals surface area contributed by atoms with E-state index in [9.17, 15) is 44.7 Å². The maximum absolute atomic E-state index is 13.4. The average molecular weight is 466 g/mol. The van der Waals surface area contributed by atoms with Gasteiger partial charge in [0.25, 0.3) is 0 Å². The molecule has 0 aromatic heterocycles.